The summed E-state index contributed by atoms with van der Waals surface area (Å²) in [5, 5.41) is 2.29. The molecule has 44 heavy (non-hydrogen) atoms. The Morgan fingerprint density at radius 1 is 0.955 bits per heavy atom. The first-order valence-corrected chi connectivity index (χ1v) is 16.0. The van der Waals surface area contributed by atoms with Gasteiger partial charge in [-0.15, -0.1) is 0 Å². The van der Waals surface area contributed by atoms with Gasteiger partial charge in [0.1, 0.15) is 6.54 Å². The number of nitrogens with one attached hydrogen (secondary N) is 1. The zero-order valence-electron chi connectivity index (χ0n) is 24.0. The van der Waals surface area contributed by atoms with E-state index in [1.54, 1.807) is 35.2 Å². The molecule has 0 aliphatic carbocycles. The number of anilines is 2. The van der Waals surface area contributed by atoms with Crippen molar-refractivity contribution in [3.8, 4) is 11.5 Å². The van der Waals surface area contributed by atoms with E-state index in [0.717, 1.165) is 22.3 Å². The van der Waals surface area contributed by atoms with Gasteiger partial charge in [-0.2, -0.15) is 0 Å². The van der Waals surface area contributed by atoms with Crippen LogP contribution >= 0.6 is 34.4 Å². The van der Waals surface area contributed by atoms with Crippen LogP contribution < -0.4 is 19.7 Å². The quantitative estimate of drug-likeness (QED) is 0.228. The summed E-state index contributed by atoms with van der Waals surface area (Å²) in [7, 11) is 0. The van der Waals surface area contributed by atoms with Crippen LogP contribution in [0, 0.1) is 3.57 Å². The van der Waals surface area contributed by atoms with Gasteiger partial charge >= 0.3 is 0 Å². The fourth-order valence-electron chi connectivity index (χ4n) is 4.81. The number of hydrogen-bond donors (Lipinski definition) is 1. The largest absolute Gasteiger partial charge is 0.490 e. The van der Waals surface area contributed by atoms with Crippen LogP contribution in [0.4, 0.5) is 16.2 Å². The molecule has 0 radical (unpaired) electrons. The van der Waals surface area contributed by atoms with E-state index in [1.807, 2.05) is 55.5 Å². The summed E-state index contributed by atoms with van der Waals surface area (Å²) in [6, 6.07) is 22.6. The maximum Gasteiger partial charge on any atom is 0.294 e. The summed E-state index contributed by atoms with van der Waals surface area (Å²) in [6.45, 7) is 4.04. The number of nitrogens with zero attached hydrogens (tertiary/aromatic N) is 3. The monoisotopic (exact) mass is 726 g/mol. The Labute approximate surface area is 273 Å². The molecule has 228 valence electrons. The number of carbonyl (C=O) groups excluding carboxylic acids is 4. The smallest absolute Gasteiger partial charge is 0.294 e. The van der Waals surface area contributed by atoms with E-state index in [9.17, 15) is 19.2 Å². The van der Waals surface area contributed by atoms with Gasteiger partial charge < -0.3 is 24.6 Å². The van der Waals surface area contributed by atoms with Crippen molar-refractivity contribution in [1.82, 2.24) is 9.80 Å². The number of rotatable bonds is 10. The molecule has 0 unspecified atom stereocenters. The van der Waals surface area contributed by atoms with E-state index in [2.05, 4.69) is 32.8 Å². The lowest BCUT2D eigenvalue weighted by molar-refractivity contribution is -0.136. The molecule has 2 aliphatic heterocycles. The fraction of sp³-hybridized carbons (Fsp3) is 0.250. The summed E-state index contributed by atoms with van der Waals surface area (Å²) < 4.78 is 12.3. The van der Waals surface area contributed by atoms with E-state index < -0.39 is 11.1 Å². The van der Waals surface area contributed by atoms with Gasteiger partial charge in [-0.3, -0.25) is 24.1 Å². The molecule has 2 fully saturated rings. The molecule has 12 heteroatoms. The summed E-state index contributed by atoms with van der Waals surface area (Å²) >= 11 is 2.88. The molecular formula is C32H31IN4O6S. The molecule has 2 heterocycles. The number of benzene rings is 3. The summed E-state index contributed by atoms with van der Waals surface area (Å²) in [4.78, 5) is 56.5. The van der Waals surface area contributed by atoms with Crippen LogP contribution in [0.25, 0.3) is 6.08 Å². The van der Waals surface area contributed by atoms with Crippen LogP contribution in [0.2, 0.25) is 0 Å². The summed E-state index contributed by atoms with van der Waals surface area (Å²) in [5.41, 5.74) is 2.39. The highest BCUT2D eigenvalue weighted by molar-refractivity contribution is 14.1. The van der Waals surface area contributed by atoms with Gasteiger partial charge in [0.25, 0.3) is 17.1 Å². The lowest BCUT2D eigenvalue weighted by Gasteiger charge is -2.36. The number of hydrogen-bond acceptors (Lipinski definition) is 8. The van der Waals surface area contributed by atoms with Crippen molar-refractivity contribution >= 4 is 74.8 Å². The number of thioether (sulfide) groups is 1. The number of carbonyl (C=O) groups is 4. The molecule has 2 saturated heterocycles. The standard InChI is InChI=1S/C32H31IN4O6S/c1-2-42-26-18-22(17-25(33)30(26)43-21-28(38)34-23-9-5-3-6-10-23)19-27-31(40)37(32(41)44-27)20-29(39)36-15-13-35(14-16-36)24-11-7-4-8-12-24/h3-12,17-19H,2,13-16,20-21H2,1H3,(H,34,38)/b27-19+. The van der Waals surface area contributed by atoms with Gasteiger partial charge in [0.15, 0.2) is 18.1 Å². The average molecular weight is 727 g/mol. The van der Waals surface area contributed by atoms with Crippen LogP contribution in [0.5, 0.6) is 11.5 Å². The molecule has 1 N–H and O–H groups in total. The second-order valence-electron chi connectivity index (χ2n) is 9.94. The highest BCUT2D eigenvalue weighted by atomic mass is 127. The van der Waals surface area contributed by atoms with Crippen molar-refractivity contribution in [3.63, 3.8) is 0 Å². The molecule has 3 aromatic rings. The van der Waals surface area contributed by atoms with Gasteiger partial charge in [0.2, 0.25) is 5.91 Å². The number of amides is 4. The Morgan fingerprint density at radius 2 is 1.64 bits per heavy atom. The predicted octanol–water partition coefficient (Wildman–Crippen LogP) is 5.09. The van der Waals surface area contributed by atoms with Crippen LogP contribution in [0.15, 0.2) is 77.7 Å². The molecule has 2 aliphatic rings. The van der Waals surface area contributed by atoms with Crippen molar-refractivity contribution < 1.29 is 28.7 Å². The first kappa shape index (κ1) is 31.4. The Hall–Kier alpha value is -4.04. The van der Waals surface area contributed by atoms with Crippen LogP contribution in [-0.2, 0) is 14.4 Å². The summed E-state index contributed by atoms with van der Waals surface area (Å²) in [6.07, 6.45) is 1.60. The predicted molar refractivity (Wildman–Crippen MR) is 179 cm³/mol. The molecule has 4 amide bonds. The minimum atomic E-state index is -0.512. The minimum absolute atomic E-state index is 0.214. The molecule has 0 aromatic heterocycles. The first-order chi connectivity index (χ1) is 21.3. The molecule has 10 nitrogen and oxygen atoms in total. The average Bonchev–Trinajstić information content (AvgIpc) is 3.29. The van der Waals surface area contributed by atoms with E-state index in [-0.39, 0.29) is 29.9 Å². The molecule has 0 saturated carbocycles. The lowest BCUT2D eigenvalue weighted by atomic mass is 10.2. The van der Waals surface area contributed by atoms with Crippen molar-refractivity contribution in [2.75, 3.05) is 56.2 Å². The van der Waals surface area contributed by atoms with Crippen molar-refractivity contribution in [1.29, 1.82) is 0 Å². The maximum atomic E-state index is 13.2. The first-order valence-electron chi connectivity index (χ1n) is 14.1. The Kier molecular flexibility index (Phi) is 10.4. The van der Waals surface area contributed by atoms with Gasteiger partial charge in [-0.25, -0.2) is 0 Å². The van der Waals surface area contributed by atoms with Gasteiger partial charge in [0.05, 0.1) is 15.1 Å². The van der Waals surface area contributed by atoms with Gasteiger partial charge in [-0.05, 0) is 89.3 Å². The number of para-hydroxylation sites is 2. The van der Waals surface area contributed by atoms with Gasteiger partial charge in [-0.1, -0.05) is 36.4 Å². The molecule has 3 aromatic carbocycles. The molecule has 5 rings (SSSR count). The SMILES string of the molecule is CCOc1cc(/C=C2/SC(=O)N(CC(=O)N3CCN(c4ccccc4)CC3)C2=O)cc(I)c1OCC(=O)Nc1ccccc1. The third kappa shape index (κ3) is 7.72. The Balaban J connectivity index is 1.21. The molecule has 0 atom stereocenters. The van der Waals surface area contributed by atoms with E-state index >= 15 is 0 Å². The second-order valence-corrected chi connectivity index (χ2v) is 12.1. The van der Waals surface area contributed by atoms with Crippen molar-refractivity contribution in [2.45, 2.75) is 6.92 Å². The third-order valence-electron chi connectivity index (χ3n) is 6.96. The number of imide groups is 1. The Morgan fingerprint density at radius 3 is 2.32 bits per heavy atom. The topological polar surface area (TPSA) is 108 Å². The molecule has 0 bridgehead atoms. The minimum Gasteiger partial charge on any atom is -0.490 e. The van der Waals surface area contributed by atoms with Crippen molar-refractivity contribution in [2.24, 2.45) is 0 Å². The Bertz CT molecular complexity index is 1560. The van der Waals surface area contributed by atoms with Crippen LogP contribution in [0.3, 0.4) is 0 Å². The third-order valence-corrected chi connectivity index (χ3v) is 8.66. The second kappa shape index (κ2) is 14.6. The van der Waals surface area contributed by atoms with E-state index in [4.69, 9.17) is 9.47 Å². The van der Waals surface area contributed by atoms with Crippen LogP contribution in [-0.4, -0.2) is 78.7 Å². The zero-order chi connectivity index (χ0) is 31.1. The maximum absolute atomic E-state index is 13.2. The molecule has 0 spiro atoms. The normalized spacial score (nSPS) is 16.0. The highest BCUT2D eigenvalue weighted by Crippen LogP contribution is 2.37. The fourth-order valence-corrected chi connectivity index (χ4v) is 6.43. The number of piperazine rings is 1. The summed E-state index contributed by atoms with van der Waals surface area (Å²) in [5.74, 6) is -0.282. The van der Waals surface area contributed by atoms with Gasteiger partial charge in [0, 0.05) is 37.6 Å². The lowest BCUT2D eigenvalue weighted by Crippen LogP contribution is -2.51. The molecular weight excluding hydrogens is 695 g/mol. The highest BCUT2D eigenvalue weighted by Gasteiger charge is 2.37. The van der Waals surface area contributed by atoms with Crippen LogP contribution in [0.1, 0.15) is 12.5 Å². The zero-order valence-corrected chi connectivity index (χ0v) is 27.0. The van der Waals surface area contributed by atoms with Crippen molar-refractivity contribution in [3.05, 3.63) is 86.8 Å². The number of halogens is 1. The van der Waals surface area contributed by atoms with E-state index in [1.165, 1.54) is 0 Å². The number of ether oxygens (including phenoxy) is 2. The van der Waals surface area contributed by atoms with E-state index in [0.29, 0.717) is 59.1 Å².